The maximum Gasteiger partial charge on any atom is 0.248 e. The minimum atomic E-state index is 0.0353. The lowest BCUT2D eigenvalue weighted by molar-refractivity contribution is 0.590. The average molecular weight is 624 g/mol. The largest absolute Gasteiger partial charge is 0.311 e. The quantitative estimate of drug-likeness (QED) is 0.173. The van der Waals surface area contributed by atoms with Crippen molar-refractivity contribution in [3.63, 3.8) is 0 Å². The summed E-state index contributed by atoms with van der Waals surface area (Å²) in [5.74, 6) is 0. The van der Waals surface area contributed by atoms with Crippen molar-refractivity contribution >= 4 is 71.7 Å². The Bertz CT molecular complexity index is 2400. The third kappa shape index (κ3) is 4.36. The van der Waals surface area contributed by atoms with E-state index in [1.165, 1.54) is 87.0 Å². The van der Waals surface area contributed by atoms with Gasteiger partial charge < -0.3 is 4.90 Å². The fourth-order valence-electron chi connectivity index (χ4n) is 7.86. The molecular formula is C44H38BNS. The minimum Gasteiger partial charge on any atom is -0.311 e. The van der Waals surface area contributed by atoms with Gasteiger partial charge in [-0.1, -0.05) is 120 Å². The van der Waals surface area contributed by atoms with Crippen LogP contribution >= 0.6 is 11.3 Å². The normalized spacial score (nSPS) is 13.7. The predicted octanol–water partition coefficient (Wildman–Crippen LogP) is 10.6. The van der Waals surface area contributed by atoms with Crippen molar-refractivity contribution in [2.24, 2.45) is 0 Å². The van der Waals surface area contributed by atoms with E-state index in [0.717, 1.165) is 0 Å². The molecule has 0 spiro atoms. The maximum absolute atomic E-state index is 2.57. The second kappa shape index (κ2) is 9.95. The van der Waals surface area contributed by atoms with Crippen molar-refractivity contribution in [3.05, 3.63) is 132 Å². The molecule has 0 atom stereocenters. The third-order valence-corrected chi connectivity index (χ3v) is 11.5. The number of thiophene rings is 1. The highest BCUT2D eigenvalue weighted by Gasteiger charge is 2.43. The van der Waals surface area contributed by atoms with E-state index in [9.17, 15) is 0 Å². The van der Waals surface area contributed by atoms with Crippen LogP contribution in [-0.4, -0.2) is 6.71 Å². The van der Waals surface area contributed by atoms with E-state index >= 15 is 0 Å². The van der Waals surface area contributed by atoms with Crippen molar-refractivity contribution < 1.29 is 0 Å². The van der Waals surface area contributed by atoms with Crippen LogP contribution in [0.15, 0.2) is 121 Å². The van der Waals surface area contributed by atoms with Gasteiger partial charge in [-0.2, -0.15) is 0 Å². The second-order valence-electron chi connectivity index (χ2n) is 15.4. The molecule has 3 heterocycles. The molecule has 0 saturated carbocycles. The van der Waals surface area contributed by atoms with Gasteiger partial charge in [0.15, 0.2) is 0 Å². The molecule has 0 N–H and O–H groups in total. The molecule has 7 aromatic rings. The van der Waals surface area contributed by atoms with Crippen LogP contribution in [-0.2, 0) is 10.8 Å². The molecule has 228 valence electrons. The molecular weight excluding hydrogens is 585 g/mol. The predicted molar refractivity (Wildman–Crippen MR) is 207 cm³/mol. The van der Waals surface area contributed by atoms with Gasteiger partial charge >= 0.3 is 0 Å². The Morgan fingerprint density at radius 3 is 2.09 bits per heavy atom. The van der Waals surface area contributed by atoms with Gasteiger partial charge in [-0.05, 0) is 104 Å². The highest BCUT2D eigenvalue weighted by Crippen LogP contribution is 2.45. The lowest BCUT2D eigenvalue weighted by Crippen LogP contribution is -2.54. The average Bonchev–Trinajstić information content (AvgIpc) is 3.60. The van der Waals surface area contributed by atoms with E-state index in [4.69, 9.17) is 0 Å². The first-order chi connectivity index (χ1) is 22.6. The summed E-state index contributed by atoms with van der Waals surface area (Å²) in [5, 5.41) is 2.68. The van der Waals surface area contributed by atoms with Gasteiger partial charge in [-0.15, -0.1) is 11.3 Å². The third-order valence-electron chi connectivity index (χ3n) is 10.4. The van der Waals surface area contributed by atoms with Crippen LogP contribution in [0.1, 0.15) is 52.7 Å². The molecule has 1 nitrogen and oxygen atoms in total. The standard InChI is InChI=1S/C44H38BNS/c1-43(2,3)29-12-11-13-31(25-29)46-38-26-30(44(4,5)6)19-20-37(38)45-36-16-9-7-14-32(36)35-23-28(24-39(46)42(35)45)27-18-21-41-34(22-27)33-15-8-10-17-40(33)47-41/h7-26H,1-6H3. The van der Waals surface area contributed by atoms with Crippen molar-refractivity contribution in [3.8, 4) is 22.3 Å². The summed E-state index contributed by atoms with van der Waals surface area (Å²) in [6.07, 6.45) is 0. The number of benzene rings is 6. The van der Waals surface area contributed by atoms with Gasteiger partial charge in [0.25, 0.3) is 0 Å². The lowest BCUT2D eigenvalue weighted by atomic mass is 9.37. The summed E-state index contributed by atoms with van der Waals surface area (Å²) >= 11 is 1.88. The van der Waals surface area contributed by atoms with Crippen LogP contribution in [0, 0.1) is 0 Å². The van der Waals surface area contributed by atoms with Gasteiger partial charge in [-0.25, -0.2) is 0 Å². The number of hydrogen-bond donors (Lipinski definition) is 0. The first-order valence-corrected chi connectivity index (χ1v) is 17.6. The zero-order valence-electron chi connectivity index (χ0n) is 28.0. The van der Waals surface area contributed by atoms with Crippen LogP contribution in [0.4, 0.5) is 17.1 Å². The first kappa shape index (κ1) is 28.6. The second-order valence-corrected chi connectivity index (χ2v) is 16.5. The van der Waals surface area contributed by atoms with Crippen LogP contribution in [0.25, 0.3) is 42.4 Å². The zero-order chi connectivity index (χ0) is 32.2. The number of hydrogen-bond acceptors (Lipinski definition) is 2. The zero-order valence-corrected chi connectivity index (χ0v) is 28.8. The van der Waals surface area contributed by atoms with Crippen LogP contribution < -0.4 is 21.3 Å². The van der Waals surface area contributed by atoms with Crippen LogP contribution in [0.2, 0.25) is 0 Å². The molecule has 47 heavy (non-hydrogen) atoms. The number of nitrogens with zero attached hydrogens (tertiary/aromatic N) is 1. The number of rotatable bonds is 2. The lowest BCUT2D eigenvalue weighted by Gasteiger charge is -2.38. The molecule has 2 aliphatic heterocycles. The van der Waals surface area contributed by atoms with E-state index in [0.29, 0.717) is 0 Å². The summed E-state index contributed by atoms with van der Waals surface area (Å²) in [6.45, 7) is 14.1. The number of anilines is 3. The first-order valence-electron chi connectivity index (χ1n) is 16.8. The molecule has 9 rings (SSSR count). The Morgan fingerprint density at radius 2 is 1.26 bits per heavy atom. The highest BCUT2D eigenvalue weighted by molar-refractivity contribution is 7.25. The SMILES string of the molecule is CC(C)(C)c1cccc(N2c3cc(C(C)(C)C)ccc3B3c4ccccc4-c4cc(-c5ccc6sc7ccccc7c6c5)cc2c43)c1. The molecule has 0 amide bonds. The summed E-state index contributed by atoms with van der Waals surface area (Å²) in [7, 11) is 0. The molecule has 1 aromatic heterocycles. The molecule has 3 heteroatoms. The van der Waals surface area contributed by atoms with E-state index in [1.807, 2.05) is 11.3 Å². The fourth-order valence-corrected chi connectivity index (χ4v) is 8.95. The molecule has 0 radical (unpaired) electrons. The van der Waals surface area contributed by atoms with Crippen LogP contribution in [0.5, 0.6) is 0 Å². The smallest absolute Gasteiger partial charge is 0.248 e. The Labute approximate surface area is 282 Å². The highest BCUT2D eigenvalue weighted by atomic mass is 32.1. The Kier molecular flexibility index (Phi) is 6.06. The molecule has 0 bridgehead atoms. The van der Waals surface area contributed by atoms with Crippen molar-refractivity contribution in [2.75, 3.05) is 4.90 Å². The molecule has 0 saturated heterocycles. The van der Waals surface area contributed by atoms with Crippen molar-refractivity contribution in [1.82, 2.24) is 0 Å². The van der Waals surface area contributed by atoms with Gasteiger partial charge in [-0.3, -0.25) is 0 Å². The summed E-state index contributed by atoms with van der Waals surface area (Å²) in [5.41, 5.74) is 16.0. The number of fused-ring (bicyclic) bond motifs is 8. The summed E-state index contributed by atoms with van der Waals surface area (Å²) in [6, 6.07) is 46.4. The Balaban J connectivity index is 1.35. The monoisotopic (exact) mass is 623 g/mol. The molecule has 2 aliphatic rings. The molecule has 0 aliphatic carbocycles. The van der Waals surface area contributed by atoms with Gasteiger partial charge in [0.1, 0.15) is 0 Å². The molecule has 6 aromatic carbocycles. The van der Waals surface area contributed by atoms with Crippen LogP contribution in [0.3, 0.4) is 0 Å². The minimum absolute atomic E-state index is 0.0353. The van der Waals surface area contributed by atoms with Crippen molar-refractivity contribution in [2.45, 2.75) is 52.4 Å². The van der Waals surface area contributed by atoms with Gasteiger partial charge in [0.05, 0.1) is 0 Å². The Hall–Kier alpha value is -4.60. The van der Waals surface area contributed by atoms with Gasteiger partial charge in [0, 0.05) is 37.2 Å². The molecule has 0 unspecified atom stereocenters. The summed E-state index contributed by atoms with van der Waals surface area (Å²) < 4.78 is 2.68. The topological polar surface area (TPSA) is 3.24 Å². The van der Waals surface area contributed by atoms with E-state index in [-0.39, 0.29) is 17.5 Å². The van der Waals surface area contributed by atoms with E-state index in [1.54, 1.807) is 0 Å². The fraction of sp³-hybridized carbons (Fsp3) is 0.182. The summed E-state index contributed by atoms with van der Waals surface area (Å²) in [4.78, 5) is 2.57. The van der Waals surface area contributed by atoms with Gasteiger partial charge in [0.2, 0.25) is 6.71 Å². The van der Waals surface area contributed by atoms with E-state index in [2.05, 4.69) is 168 Å². The van der Waals surface area contributed by atoms with E-state index < -0.39 is 0 Å². The Morgan fingerprint density at radius 1 is 0.511 bits per heavy atom. The molecule has 0 fully saturated rings. The maximum atomic E-state index is 2.57. The van der Waals surface area contributed by atoms with Crippen molar-refractivity contribution in [1.29, 1.82) is 0 Å².